The molecule has 18 heteroatoms. The van der Waals surface area contributed by atoms with Gasteiger partial charge in [-0.3, -0.25) is 9.36 Å². The van der Waals surface area contributed by atoms with Gasteiger partial charge in [0.2, 0.25) is 0 Å². The number of carbonyl (C=O) groups is 2. The standard InChI is InChI=1S/C30H49FN5O11P/c1-20-14-23-24(15-21(20)2)36(19-35-23)29-27(38)28(47-48(40)46-22(3)17-34-26(37)16-31)25(45-29)18-44-30(39)33-7-5-9-42-11-13-43-12-10-41-8-4-6-32/h14-15,19,22,25,27-29,38,48H,4-13,16-18,32H2,1-3H3,(H,33,39)(H,34,37)/t22?,25-,27?,28?,29+/m1/s1. The van der Waals surface area contributed by atoms with Crippen molar-refractivity contribution < 1.29 is 56.4 Å². The van der Waals surface area contributed by atoms with Gasteiger partial charge in [0.25, 0.3) is 5.91 Å². The van der Waals surface area contributed by atoms with E-state index in [4.69, 9.17) is 38.5 Å². The maximum atomic E-state index is 12.8. The monoisotopic (exact) mass is 705 g/mol. The molecule has 0 aliphatic carbocycles. The summed E-state index contributed by atoms with van der Waals surface area (Å²) < 4.78 is 65.6. The van der Waals surface area contributed by atoms with Crippen LogP contribution in [-0.2, 0) is 42.1 Å². The average Bonchev–Trinajstić information content (AvgIpc) is 3.60. The first-order valence-corrected chi connectivity index (χ1v) is 17.2. The van der Waals surface area contributed by atoms with E-state index in [9.17, 15) is 23.7 Å². The zero-order valence-corrected chi connectivity index (χ0v) is 28.7. The summed E-state index contributed by atoms with van der Waals surface area (Å²) in [5.41, 5.74) is 8.84. The van der Waals surface area contributed by atoms with Crippen LogP contribution in [0.3, 0.4) is 0 Å². The van der Waals surface area contributed by atoms with Gasteiger partial charge in [-0.15, -0.1) is 0 Å². The normalized spacial score (nSPS) is 20.5. The second-order valence-corrected chi connectivity index (χ2v) is 12.2. The third-order valence-corrected chi connectivity index (χ3v) is 8.42. The second kappa shape index (κ2) is 21.4. The minimum Gasteiger partial charge on any atom is -0.447 e. The summed E-state index contributed by atoms with van der Waals surface area (Å²) in [6.07, 6.45) is -3.28. The third kappa shape index (κ3) is 12.9. The average molecular weight is 706 g/mol. The molecule has 2 heterocycles. The van der Waals surface area contributed by atoms with Crippen molar-refractivity contribution in [3.8, 4) is 0 Å². The van der Waals surface area contributed by atoms with E-state index >= 15 is 0 Å². The molecule has 1 aromatic carbocycles. The highest BCUT2D eigenvalue weighted by Crippen LogP contribution is 2.39. The van der Waals surface area contributed by atoms with Gasteiger partial charge in [-0.1, -0.05) is 0 Å². The van der Waals surface area contributed by atoms with Crippen LogP contribution in [-0.4, -0.2) is 124 Å². The van der Waals surface area contributed by atoms with Gasteiger partial charge in [-0.2, -0.15) is 0 Å². The number of aromatic nitrogens is 2. The number of aliphatic hydroxyl groups excluding tert-OH is 1. The fourth-order valence-corrected chi connectivity index (χ4v) is 5.65. The number of nitrogens with one attached hydrogen (secondary N) is 2. The molecule has 0 radical (unpaired) electrons. The SMILES string of the molecule is Cc1cc2ncn([C@H]3O[C@H](COC(=O)NCCCOCCOCCOCCCN)C(O[PH](=O)OC(C)CNC(=O)CF)C3O)c2cc1C. The van der Waals surface area contributed by atoms with E-state index in [-0.39, 0.29) is 19.7 Å². The number of halogens is 1. The van der Waals surface area contributed by atoms with Crippen LogP contribution >= 0.6 is 8.25 Å². The minimum atomic E-state index is -3.26. The number of benzene rings is 1. The molecule has 0 bridgehead atoms. The van der Waals surface area contributed by atoms with Crippen LogP contribution in [0.1, 0.15) is 37.1 Å². The Hall–Kier alpha value is -2.73. The van der Waals surface area contributed by atoms with E-state index in [1.54, 1.807) is 4.57 Å². The lowest BCUT2D eigenvalue weighted by Crippen LogP contribution is -2.37. The molecule has 0 saturated carbocycles. The quantitative estimate of drug-likeness (QED) is 0.0962. The number of rotatable bonds is 23. The lowest BCUT2D eigenvalue weighted by atomic mass is 10.1. The Bertz CT molecular complexity index is 1310. The molecule has 16 nitrogen and oxygen atoms in total. The molecule has 1 fully saturated rings. The highest BCUT2D eigenvalue weighted by atomic mass is 31.1. The molecule has 1 saturated heterocycles. The summed E-state index contributed by atoms with van der Waals surface area (Å²) in [6.45, 7) is 7.47. The van der Waals surface area contributed by atoms with Crippen molar-refractivity contribution >= 4 is 31.3 Å². The molecule has 2 amide bonds. The van der Waals surface area contributed by atoms with Crippen LogP contribution in [0.4, 0.5) is 9.18 Å². The van der Waals surface area contributed by atoms with Gasteiger partial charge in [0, 0.05) is 26.3 Å². The highest BCUT2D eigenvalue weighted by Gasteiger charge is 2.47. The number of nitrogens with two attached hydrogens (primary N) is 1. The highest BCUT2D eigenvalue weighted by molar-refractivity contribution is 7.33. The number of hydrogen-bond acceptors (Lipinski definition) is 13. The van der Waals surface area contributed by atoms with Crippen molar-refractivity contribution in [3.05, 3.63) is 29.6 Å². The van der Waals surface area contributed by atoms with E-state index in [0.717, 1.165) is 17.5 Å². The maximum Gasteiger partial charge on any atom is 0.407 e. The number of amides is 2. The van der Waals surface area contributed by atoms with Crippen molar-refractivity contribution in [1.29, 1.82) is 0 Å². The molecule has 48 heavy (non-hydrogen) atoms. The molecule has 2 aromatic rings. The van der Waals surface area contributed by atoms with Gasteiger partial charge in [-0.25, -0.2) is 14.2 Å². The molecule has 5 N–H and O–H groups in total. The van der Waals surface area contributed by atoms with Crippen molar-refractivity contribution in [1.82, 2.24) is 20.2 Å². The van der Waals surface area contributed by atoms with Gasteiger partial charge >= 0.3 is 14.3 Å². The summed E-state index contributed by atoms with van der Waals surface area (Å²) in [4.78, 5) is 28.1. The molecule has 6 atom stereocenters. The fourth-order valence-electron chi connectivity index (χ4n) is 4.66. The third-order valence-electron chi connectivity index (χ3n) is 7.36. The fraction of sp³-hybridized carbons (Fsp3) is 0.700. The second-order valence-electron chi connectivity index (χ2n) is 11.2. The summed E-state index contributed by atoms with van der Waals surface area (Å²) in [5.74, 6) is -0.837. The van der Waals surface area contributed by atoms with Crippen molar-refractivity contribution in [2.75, 3.05) is 72.6 Å². The van der Waals surface area contributed by atoms with E-state index in [0.29, 0.717) is 63.6 Å². The van der Waals surface area contributed by atoms with Gasteiger partial charge < -0.3 is 58.8 Å². The summed E-state index contributed by atoms with van der Waals surface area (Å²) in [6, 6.07) is 3.83. The van der Waals surface area contributed by atoms with E-state index in [1.807, 2.05) is 26.0 Å². The maximum absolute atomic E-state index is 12.8. The number of aryl methyl sites for hydroxylation is 2. The van der Waals surface area contributed by atoms with Gasteiger partial charge in [0.15, 0.2) is 12.9 Å². The molecule has 272 valence electrons. The van der Waals surface area contributed by atoms with Crippen LogP contribution in [0.25, 0.3) is 11.0 Å². The number of carbonyl (C=O) groups excluding carboxylic acids is 2. The van der Waals surface area contributed by atoms with Gasteiger partial charge in [-0.05, 0) is 63.4 Å². The van der Waals surface area contributed by atoms with Crippen LogP contribution in [0.5, 0.6) is 0 Å². The summed E-state index contributed by atoms with van der Waals surface area (Å²) >= 11 is 0. The molecule has 3 rings (SSSR count). The van der Waals surface area contributed by atoms with Gasteiger partial charge in [0.05, 0.1) is 49.9 Å². The number of imidazole rings is 1. The zero-order chi connectivity index (χ0) is 34.9. The number of fused-ring (bicyclic) bond motifs is 1. The smallest absolute Gasteiger partial charge is 0.407 e. The number of alkyl carbamates (subject to hydrolysis) is 1. The van der Waals surface area contributed by atoms with E-state index < -0.39 is 57.6 Å². The lowest BCUT2D eigenvalue weighted by molar-refractivity contribution is -0.122. The Balaban J connectivity index is 1.49. The molecular weight excluding hydrogens is 656 g/mol. The molecule has 0 spiro atoms. The first-order valence-electron chi connectivity index (χ1n) is 16.0. The van der Waals surface area contributed by atoms with Gasteiger partial charge in [0.1, 0.15) is 24.9 Å². The Morgan fingerprint density at radius 3 is 2.44 bits per heavy atom. The molecular formula is C30H49FN5O11P. The van der Waals surface area contributed by atoms with Crippen molar-refractivity contribution in [2.45, 2.75) is 64.3 Å². The van der Waals surface area contributed by atoms with Crippen LogP contribution in [0.15, 0.2) is 18.5 Å². The Labute approximate surface area is 280 Å². The van der Waals surface area contributed by atoms with E-state index in [2.05, 4.69) is 15.6 Å². The molecule has 1 aliphatic heterocycles. The predicted molar refractivity (Wildman–Crippen MR) is 173 cm³/mol. The zero-order valence-electron chi connectivity index (χ0n) is 27.7. The van der Waals surface area contributed by atoms with Crippen LogP contribution in [0, 0.1) is 13.8 Å². The lowest BCUT2D eigenvalue weighted by Gasteiger charge is -2.22. The number of hydrogen-bond donors (Lipinski definition) is 4. The van der Waals surface area contributed by atoms with E-state index in [1.165, 1.54) is 13.3 Å². The largest absolute Gasteiger partial charge is 0.447 e. The minimum absolute atomic E-state index is 0.106. The number of alkyl halides is 1. The Morgan fingerprint density at radius 2 is 1.75 bits per heavy atom. The number of ether oxygens (including phenoxy) is 5. The first-order chi connectivity index (χ1) is 23.1. The molecule has 4 unspecified atom stereocenters. The number of nitrogens with zero attached hydrogens (tertiary/aromatic N) is 2. The summed E-state index contributed by atoms with van der Waals surface area (Å²) in [5, 5.41) is 16.2. The van der Waals surface area contributed by atoms with Crippen LogP contribution in [0.2, 0.25) is 0 Å². The van der Waals surface area contributed by atoms with Crippen molar-refractivity contribution in [3.63, 3.8) is 0 Å². The first kappa shape index (κ1) is 39.7. The number of aliphatic hydroxyl groups is 1. The van der Waals surface area contributed by atoms with Crippen LogP contribution < -0.4 is 16.4 Å². The molecule has 1 aromatic heterocycles. The Kier molecular flexibility index (Phi) is 17.7. The molecule has 1 aliphatic rings. The summed E-state index contributed by atoms with van der Waals surface area (Å²) in [7, 11) is -3.26. The van der Waals surface area contributed by atoms with Crippen molar-refractivity contribution in [2.24, 2.45) is 5.73 Å². The topological polar surface area (TPSA) is 204 Å². The predicted octanol–water partition coefficient (Wildman–Crippen LogP) is 1.69. The Morgan fingerprint density at radius 1 is 1.08 bits per heavy atom.